The molecule has 21 heavy (non-hydrogen) atoms. The van der Waals surface area contributed by atoms with Crippen molar-refractivity contribution < 1.29 is 14.3 Å². The molecule has 0 saturated carbocycles. The lowest BCUT2D eigenvalue weighted by molar-refractivity contribution is -0.116. The topological polar surface area (TPSA) is 73.2 Å². The van der Waals surface area contributed by atoms with Gasteiger partial charge in [-0.3, -0.25) is 9.48 Å². The number of nitrogens with zero attached hydrogens (tertiary/aromatic N) is 2. The molecule has 1 amide bonds. The van der Waals surface area contributed by atoms with Crippen LogP contribution < -0.4 is 5.32 Å². The third-order valence-corrected chi connectivity index (χ3v) is 3.14. The number of halogens is 1. The SMILES string of the molecule is CCOC(=O)c1ccc(NC(=O)Cn2cc(I)cn2)cc1. The number of aromatic nitrogens is 2. The van der Waals surface area contributed by atoms with E-state index in [1.807, 2.05) is 0 Å². The van der Waals surface area contributed by atoms with Crippen molar-refractivity contribution in [3.8, 4) is 0 Å². The molecule has 0 radical (unpaired) electrons. The van der Waals surface area contributed by atoms with Gasteiger partial charge in [0, 0.05) is 11.9 Å². The number of rotatable bonds is 5. The lowest BCUT2D eigenvalue weighted by Gasteiger charge is -2.06. The van der Waals surface area contributed by atoms with Crippen molar-refractivity contribution in [2.45, 2.75) is 13.5 Å². The molecule has 0 aliphatic rings. The van der Waals surface area contributed by atoms with E-state index in [4.69, 9.17) is 4.74 Å². The van der Waals surface area contributed by atoms with Crippen LogP contribution in [0.1, 0.15) is 17.3 Å². The van der Waals surface area contributed by atoms with E-state index in [-0.39, 0.29) is 18.4 Å². The van der Waals surface area contributed by atoms with E-state index in [1.165, 1.54) is 0 Å². The van der Waals surface area contributed by atoms with Gasteiger partial charge in [-0.2, -0.15) is 5.10 Å². The fourth-order valence-electron chi connectivity index (χ4n) is 1.68. The molecule has 0 fully saturated rings. The van der Waals surface area contributed by atoms with Crippen molar-refractivity contribution in [1.29, 1.82) is 0 Å². The lowest BCUT2D eigenvalue weighted by Crippen LogP contribution is -2.19. The smallest absolute Gasteiger partial charge is 0.338 e. The van der Waals surface area contributed by atoms with Crippen LogP contribution in [0.3, 0.4) is 0 Å². The van der Waals surface area contributed by atoms with Crippen LogP contribution in [0.25, 0.3) is 0 Å². The molecule has 1 heterocycles. The van der Waals surface area contributed by atoms with Gasteiger partial charge in [-0.25, -0.2) is 4.79 Å². The molecule has 6 nitrogen and oxygen atoms in total. The van der Waals surface area contributed by atoms with Gasteiger partial charge in [-0.15, -0.1) is 0 Å². The molecule has 7 heteroatoms. The number of hydrogen-bond acceptors (Lipinski definition) is 4. The second-order valence-corrected chi connectivity index (χ2v) is 5.45. The van der Waals surface area contributed by atoms with Crippen LogP contribution in [-0.2, 0) is 16.1 Å². The van der Waals surface area contributed by atoms with Gasteiger partial charge < -0.3 is 10.1 Å². The molecule has 0 aliphatic carbocycles. The van der Waals surface area contributed by atoms with Gasteiger partial charge in [-0.1, -0.05) is 0 Å². The van der Waals surface area contributed by atoms with E-state index < -0.39 is 0 Å². The minimum atomic E-state index is -0.374. The first-order chi connectivity index (χ1) is 10.1. The fourth-order valence-corrected chi connectivity index (χ4v) is 2.12. The zero-order valence-corrected chi connectivity index (χ0v) is 13.5. The third-order valence-electron chi connectivity index (χ3n) is 2.59. The van der Waals surface area contributed by atoms with Crippen molar-refractivity contribution >= 4 is 40.2 Å². The summed E-state index contributed by atoms with van der Waals surface area (Å²) in [7, 11) is 0. The lowest BCUT2D eigenvalue weighted by atomic mass is 10.2. The van der Waals surface area contributed by atoms with Gasteiger partial charge in [0.05, 0.1) is 21.9 Å². The highest BCUT2D eigenvalue weighted by molar-refractivity contribution is 14.1. The standard InChI is InChI=1S/C14H14IN3O3/c1-2-21-14(20)10-3-5-12(6-4-10)17-13(19)9-18-8-11(15)7-16-18/h3-8H,2,9H2,1H3,(H,17,19). The predicted molar refractivity (Wildman–Crippen MR) is 86.0 cm³/mol. The Labute approximate surface area is 135 Å². The molecular weight excluding hydrogens is 385 g/mol. The number of ether oxygens (including phenoxy) is 1. The van der Waals surface area contributed by atoms with Crippen LogP contribution in [0.5, 0.6) is 0 Å². The number of esters is 1. The largest absolute Gasteiger partial charge is 0.462 e. The summed E-state index contributed by atoms with van der Waals surface area (Å²) in [5, 5.41) is 6.79. The Morgan fingerprint density at radius 1 is 1.33 bits per heavy atom. The van der Waals surface area contributed by atoms with Gasteiger partial charge in [0.25, 0.3) is 0 Å². The predicted octanol–water partition coefficient (Wildman–Crippen LogP) is 2.30. The number of nitrogens with one attached hydrogen (secondary N) is 1. The summed E-state index contributed by atoms with van der Waals surface area (Å²) in [4.78, 5) is 23.3. The third kappa shape index (κ3) is 4.55. The highest BCUT2D eigenvalue weighted by atomic mass is 127. The number of anilines is 1. The van der Waals surface area contributed by atoms with Crippen LogP contribution in [0, 0.1) is 3.57 Å². The summed E-state index contributed by atoms with van der Waals surface area (Å²) in [5.74, 6) is -0.556. The summed E-state index contributed by atoms with van der Waals surface area (Å²) in [6.45, 7) is 2.23. The molecular formula is C14H14IN3O3. The first kappa shape index (κ1) is 15.5. The van der Waals surface area contributed by atoms with Gasteiger partial charge in [0.15, 0.2) is 0 Å². The molecule has 0 saturated heterocycles. The zero-order chi connectivity index (χ0) is 15.2. The number of hydrogen-bond donors (Lipinski definition) is 1. The van der Waals surface area contributed by atoms with E-state index in [1.54, 1.807) is 48.3 Å². The van der Waals surface area contributed by atoms with Crippen LogP contribution in [0.2, 0.25) is 0 Å². The molecule has 1 N–H and O–H groups in total. The van der Waals surface area contributed by atoms with Crippen molar-refractivity contribution in [3.63, 3.8) is 0 Å². The number of amides is 1. The Hall–Kier alpha value is -1.90. The normalized spacial score (nSPS) is 10.2. The summed E-state index contributed by atoms with van der Waals surface area (Å²) >= 11 is 2.13. The first-order valence-electron chi connectivity index (χ1n) is 6.33. The van der Waals surface area contributed by atoms with E-state index >= 15 is 0 Å². The summed E-state index contributed by atoms with van der Waals surface area (Å²) in [6, 6.07) is 6.56. The summed E-state index contributed by atoms with van der Waals surface area (Å²) in [6.07, 6.45) is 3.46. The van der Waals surface area contributed by atoms with Crippen LogP contribution in [-0.4, -0.2) is 28.3 Å². The molecule has 0 aliphatic heterocycles. The maximum atomic E-state index is 11.8. The molecule has 0 atom stereocenters. The first-order valence-corrected chi connectivity index (χ1v) is 7.41. The second kappa shape index (κ2) is 7.21. The van der Waals surface area contributed by atoms with Crippen molar-refractivity contribution in [2.75, 3.05) is 11.9 Å². The minimum Gasteiger partial charge on any atom is -0.462 e. The second-order valence-electron chi connectivity index (χ2n) is 4.20. The molecule has 0 bridgehead atoms. The Balaban J connectivity index is 1.93. The Kier molecular flexibility index (Phi) is 5.32. The average Bonchev–Trinajstić information content (AvgIpc) is 2.85. The van der Waals surface area contributed by atoms with Crippen molar-refractivity contribution in [2.24, 2.45) is 0 Å². The van der Waals surface area contributed by atoms with E-state index in [0.717, 1.165) is 3.57 Å². The number of carbonyl (C=O) groups excluding carboxylic acids is 2. The maximum Gasteiger partial charge on any atom is 0.338 e. The monoisotopic (exact) mass is 399 g/mol. The fraction of sp³-hybridized carbons (Fsp3) is 0.214. The van der Waals surface area contributed by atoms with E-state index in [9.17, 15) is 9.59 Å². The molecule has 110 valence electrons. The molecule has 0 spiro atoms. The number of benzene rings is 1. The van der Waals surface area contributed by atoms with Crippen LogP contribution in [0.15, 0.2) is 36.7 Å². The highest BCUT2D eigenvalue weighted by Gasteiger charge is 2.08. The Morgan fingerprint density at radius 2 is 2.05 bits per heavy atom. The van der Waals surface area contributed by atoms with Gasteiger partial charge in [0.2, 0.25) is 5.91 Å². The Morgan fingerprint density at radius 3 is 2.62 bits per heavy atom. The maximum absolute atomic E-state index is 11.8. The van der Waals surface area contributed by atoms with Gasteiger partial charge in [-0.05, 0) is 53.8 Å². The quantitative estimate of drug-likeness (QED) is 0.619. The van der Waals surface area contributed by atoms with Crippen LogP contribution >= 0.6 is 22.6 Å². The minimum absolute atomic E-state index is 0.141. The molecule has 0 unspecified atom stereocenters. The highest BCUT2D eigenvalue weighted by Crippen LogP contribution is 2.11. The van der Waals surface area contributed by atoms with E-state index in [2.05, 4.69) is 33.0 Å². The molecule has 1 aromatic carbocycles. The molecule has 2 aromatic rings. The van der Waals surface area contributed by atoms with Crippen LogP contribution in [0.4, 0.5) is 5.69 Å². The molecule has 2 rings (SSSR count). The summed E-state index contributed by atoms with van der Waals surface area (Å²) in [5.41, 5.74) is 1.08. The van der Waals surface area contributed by atoms with E-state index in [0.29, 0.717) is 17.9 Å². The van der Waals surface area contributed by atoms with Gasteiger partial charge in [0.1, 0.15) is 6.54 Å². The zero-order valence-electron chi connectivity index (χ0n) is 11.4. The van der Waals surface area contributed by atoms with Crippen molar-refractivity contribution in [3.05, 3.63) is 45.8 Å². The van der Waals surface area contributed by atoms with Crippen molar-refractivity contribution in [1.82, 2.24) is 9.78 Å². The Bertz CT molecular complexity index is 637. The number of carbonyl (C=O) groups is 2. The molecule has 1 aromatic heterocycles. The average molecular weight is 399 g/mol. The van der Waals surface area contributed by atoms with Gasteiger partial charge >= 0.3 is 5.97 Å². The summed E-state index contributed by atoms with van der Waals surface area (Å²) < 4.78 is 7.42.